The number of aromatic nitrogens is 1. The van der Waals surface area contributed by atoms with E-state index < -0.39 is 18.0 Å². The third kappa shape index (κ3) is 6.56. The lowest BCUT2D eigenvalue weighted by atomic mass is 10.1. The first-order valence-corrected chi connectivity index (χ1v) is 11.9. The third-order valence-corrected chi connectivity index (χ3v) is 5.75. The van der Waals surface area contributed by atoms with Crippen molar-refractivity contribution in [2.75, 3.05) is 17.3 Å². The smallest absolute Gasteiger partial charge is 0.409 e. The molecule has 3 rings (SSSR count). The number of ether oxygens (including phenoxy) is 1. The first-order chi connectivity index (χ1) is 15.5. The minimum Gasteiger partial charge on any atom is -0.410 e. The minimum atomic E-state index is -0.974. The second-order valence-electron chi connectivity index (χ2n) is 6.65. The predicted octanol–water partition coefficient (Wildman–Crippen LogP) is 3.76. The van der Waals surface area contributed by atoms with Crippen LogP contribution < -0.4 is 21.1 Å². The molecule has 0 saturated carbocycles. The Morgan fingerprint density at radius 1 is 1.16 bits per heavy atom. The number of primary amides is 1. The van der Waals surface area contributed by atoms with Crippen LogP contribution in [0.15, 0.2) is 60.0 Å². The molecular formula is C22H22N4O4S2. The number of hydrogen-bond donors (Lipinski definition) is 3. The Labute approximate surface area is 193 Å². The standard InChI is InChI=1S/C22H22N4O4S2/c1-31-11-10-17(24-19(27)15-8-5-9-16(12-15)30-21(23)29)20(28)26-22-25-18(13-32-22)14-6-3-2-4-7-14/h2-9,12-13,17H,10-11H2,1H3,(H2,23,29)(H,24,27)(H,25,26,28)/t17-/m0/s1. The summed E-state index contributed by atoms with van der Waals surface area (Å²) in [5.41, 5.74) is 6.98. The van der Waals surface area contributed by atoms with E-state index in [-0.39, 0.29) is 17.2 Å². The van der Waals surface area contributed by atoms with Gasteiger partial charge in [-0.3, -0.25) is 9.59 Å². The van der Waals surface area contributed by atoms with E-state index >= 15 is 0 Å². The molecule has 0 spiro atoms. The summed E-state index contributed by atoms with van der Waals surface area (Å²) in [4.78, 5) is 41.0. The molecule has 0 unspecified atom stereocenters. The van der Waals surface area contributed by atoms with E-state index in [1.807, 2.05) is 42.0 Å². The molecule has 0 aliphatic carbocycles. The maximum Gasteiger partial charge on any atom is 0.409 e. The number of hydrogen-bond acceptors (Lipinski definition) is 7. The SMILES string of the molecule is CSCC[C@H](NC(=O)c1cccc(OC(N)=O)c1)C(=O)Nc1nc(-c2ccccc2)cs1. The average Bonchev–Trinajstić information content (AvgIpc) is 3.25. The highest BCUT2D eigenvalue weighted by molar-refractivity contribution is 7.98. The molecular weight excluding hydrogens is 448 g/mol. The van der Waals surface area contributed by atoms with Crippen molar-refractivity contribution in [2.45, 2.75) is 12.5 Å². The zero-order valence-corrected chi connectivity index (χ0v) is 18.9. The van der Waals surface area contributed by atoms with Crippen LogP contribution >= 0.6 is 23.1 Å². The molecule has 4 N–H and O–H groups in total. The molecule has 2 aromatic carbocycles. The van der Waals surface area contributed by atoms with E-state index in [0.717, 1.165) is 11.3 Å². The molecule has 3 amide bonds. The molecule has 0 fully saturated rings. The Bertz CT molecular complexity index is 1090. The number of nitrogens with zero attached hydrogens (tertiary/aromatic N) is 1. The van der Waals surface area contributed by atoms with Crippen LogP contribution in [0.5, 0.6) is 5.75 Å². The number of nitrogens with two attached hydrogens (primary N) is 1. The molecule has 0 saturated heterocycles. The Morgan fingerprint density at radius 3 is 2.66 bits per heavy atom. The molecule has 166 valence electrons. The number of carbonyl (C=O) groups is 3. The Morgan fingerprint density at radius 2 is 1.94 bits per heavy atom. The molecule has 32 heavy (non-hydrogen) atoms. The van der Waals surface area contributed by atoms with Gasteiger partial charge in [-0.2, -0.15) is 11.8 Å². The topological polar surface area (TPSA) is 123 Å². The summed E-state index contributed by atoms with van der Waals surface area (Å²) < 4.78 is 4.81. The van der Waals surface area contributed by atoms with Crippen LogP contribution in [0.3, 0.4) is 0 Å². The Kier molecular flexibility index (Phi) is 8.23. The molecule has 0 aliphatic heterocycles. The van der Waals surface area contributed by atoms with E-state index in [9.17, 15) is 14.4 Å². The fraction of sp³-hybridized carbons (Fsp3) is 0.182. The molecule has 10 heteroatoms. The summed E-state index contributed by atoms with van der Waals surface area (Å²) >= 11 is 2.89. The highest BCUT2D eigenvalue weighted by Crippen LogP contribution is 2.25. The Balaban J connectivity index is 1.69. The molecule has 8 nitrogen and oxygen atoms in total. The van der Waals surface area contributed by atoms with Gasteiger partial charge < -0.3 is 21.1 Å². The van der Waals surface area contributed by atoms with Crippen molar-refractivity contribution in [2.24, 2.45) is 5.73 Å². The lowest BCUT2D eigenvalue weighted by Gasteiger charge is -2.17. The van der Waals surface area contributed by atoms with Crippen molar-refractivity contribution >= 4 is 46.1 Å². The fourth-order valence-corrected chi connectivity index (χ4v) is 4.02. The number of anilines is 1. The molecule has 3 aromatic rings. The van der Waals surface area contributed by atoms with Crippen molar-refractivity contribution in [1.82, 2.24) is 10.3 Å². The second kappa shape index (κ2) is 11.3. The molecule has 0 bridgehead atoms. The van der Waals surface area contributed by atoms with Crippen LogP contribution in [0.4, 0.5) is 9.93 Å². The zero-order valence-electron chi connectivity index (χ0n) is 17.2. The van der Waals surface area contributed by atoms with Crippen LogP contribution in [0.2, 0.25) is 0 Å². The van der Waals surface area contributed by atoms with Crippen molar-refractivity contribution < 1.29 is 19.1 Å². The van der Waals surface area contributed by atoms with Gasteiger partial charge in [-0.1, -0.05) is 36.4 Å². The third-order valence-electron chi connectivity index (χ3n) is 4.35. The van der Waals surface area contributed by atoms with Gasteiger partial charge in [-0.05, 0) is 36.6 Å². The summed E-state index contributed by atoms with van der Waals surface area (Å²) in [6.07, 6.45) is 1.39. The normalized spacial score (nSPS) is 11.4. The molecule has 1 aromatic heterocycles. The van der Waals surface area contributed by atoms with E-state index in [1.54, 1.807) is 23.9 Å². The Hall–Kier alpha value is -3.37. The van der Waals surface area contributed by atoms with E-state index in [2.05, 4.69) is 15.6 Å². The maximum atomic E-state index is 12.9. The number of rotatable bonds is 9. The van der Waals surface area contributed by atoms with Crippen LogP contribution in [0.25, 0.3) is 11.3 Å². The van der Waals surface area contributed by atoms with E-state index in [0.29, 0.717) is 17.3 Å². The van der Waals surface area contributed by atoms with Gasteiger partial charge in [-0.25, -0.2) is 9.78 Å². The van der Waals surface area contributed by atoms with Crippen LogP contribution in [-0.2, 0) is 4.79 Å². The predicted molar refractivity (Wildman–Crippen MR) is 127 cm³/mol. The summed E-state index contributed by atoms with van der Waals surface area (Å²) in [5.74, 6) is -0.00116. The van der Waals surface area contributed by atoms with Gasteiger partial charge >= 0.3 is 6.09 Å². The molecule has 0 radical (unpaired) electrons. The quantitative estimate of drug-likeness (QED) is 0.438. The monoisotopic (exact) mass is 470 g/mol. The molecule has 1 heterocycles. The van der Waals surface area contributed by atoms with Gasteiger partial charge in [0.2, 0.25) is 5.91 Å². The highest BCUT2D eigenvalue weighted by atomic mass is 32.2. The lowest BCUT2D eigenvalue weighted by Crippen LogP contribution is -2.44. The number of thioether (sulfide) groups is 1. The van der Waals surface area contributed by atoms with Gasteiger partial charge in [0.1, 0.15) is 11.8 Å². The van der Waals surface area contributed by atoms with Gasteiger partial charge in [0.05, 0.1) is 5.69 Å². The van der Waals surface area contributed by atoms with E-state index in [1.165, 1.54) is 23.5 Å². The highest BCUT2D eigenvalue weighted by Gasteiger charge is 2.22. The number of benzene rings is 2. The average molecular weight is 471 g/mol. The van der Waals surface area contributed by atoms with Crippen molar-refractivity contribution in [1.29, 1.82) is 0 Å². The maximum absolute atomic E-state index is 12.9. The largest absolute Gasteiger partial charge is 0.410 e. The van der Waals surface area contributed by atoms with Crippen LogP contribution in [-0.4, -0.2) is 40.9 Å². The molecule has 1 atom stereocenters. The van der Waals surface area contributed by atoms with Gasteiger partial charge in [-0.15, -0.1) is 11.3 Å². The number of nitrogens with one attached hydrogen (secondary N) is 2. The molecule has 0 aliphatic rings. The summed E-state index contributed by atoms with van der Waals surface area (Å²) in [5, 5.41) is 7.86. The summed E-state index contributed by atoms with van der Waals surface area (Å²) in [6, 6.07) is 14.9. The van der Waals surface area contributed by atoms with Crippen molar-refractivity contribution in [3.63, 3.8) is 0 Å². The first-order valence-electron chi connectivity index (χ1n) is 9.65. The number of thiazole rings is 1. The summed E-state index contributed by atoms with van der Waals surface area (Å²) in [7, 11) is 0. The fourth-order valence-electron chi connectivity index (χ4n) is 2.83. The first kappa shape index (κ1) is 23.3. The van der Waals surface area contributed by atoms with Crippen molar-refractivity contribution in [3.8, 4) is 17.0 Å². The van der Waals surface area contributed by atoms with Gasteiger partial charge in [0, 0.05) is 16.5 Å². The zero-order chi connectivity index (χ0) is 22.9. The lowest BCUT2D eigenvalue weighted by molar-refractivity contribution is -0.118. The minimum absolute atomic E-state index is 0.145. The van der Waals surface area contributed by atoms with Gasteiger partial charge in [0.25, 0.3) is 5.91 Å². The van der Waals surface area contributed by atoms with Gasteiger partial charge in [0.15, 0.2) is 5.13 Å². The summed E-state index contributed by atoms with van der Waals surface area (Å²) in [6.45, 7) is 0. The van der Waals surface area contributed by atoms with Crippen LogP contribution in [0.1, 0.15) is 16.8 Å². The number of amides is 3. The van der Waals surface area contributed by atoms with Crippen molar-refractivity contribution in [3.05, 3.63) is 65.5 Å². The van der Waals surface area contributed by atoms with E-state index in [4.69, 9.17) is 10.5 Å². The van der Waals surface area contributed by atoms with Crippen LogP contribution in [0, 0.1) is 0 Å². The second-order valence-corrected chi connectivity index (χ2v) is 8.49. The number of carbonyl (C=O) groups excluding carboxylic acids is 3.